The standard InChI is InChI=1S/C6H6N4O/c1-10-4(3-7)2-5(9-10)6(8)11/h2H,1H3,(H2,8,11). The summed E-state index contributed by atoms with van der Waals surface area (Å²) in [5.74, 6) is -0.623. The first kappa shape index (κ1) is 7.28. The molecule has 11 heavy (non-hydrogen) atoms. The van der Waals surface area contributed by atoms with Crippen LogP contribution < -0.4 is 5.73 Å². The summed E-state index contributed by atoms with van der Waals surface area (Å²) in [6.07, 6.45) is 0. The fourth-order valence-electron chi connectivity index (χ4n) is 0.692. The third-order valence-electron chi connectivity index (χ3n) is 1.25. The molecule has 0 bridgehead atoms. The lowest BCUT2D eigenvalue weighted by Gasteiger charge is -1.86. The van der Waals surface area contributed by atoms with Crippen LogP contribution in [0.1, 0.15) is 16.2 Å². The SMILES string of the molecule is Cn1nc(C(N)=O)cc1C#N. The molecule has 1 aromatic heterocycles. The molecule has 0 saturated carbocycles. The molecule has 1 aromatic rings. The third kappa shape index (κ3) is 1.19. The number of hydrogen-bond donors (Lipinski definition) is 1. The minimum Gasteiger partial charge on any atom is -0.364 e. The van der Waals surface area contributed by atoms with E-state index in [9.17, 15) is 4.79 Å². The van der Waals surface area contributed by atoms with Gasteiger partial charge in [-0.05, 0) is 0 Å². The highest BCUT2D eigenvalue weighted by Crippen LogP contribution is 1.99. The van der Waals surface area contributed by atoms with Gasteiger partial charge in [0.2, 0.25) is 0 Å². The second kappa shape index (κ2) is 2.42. The second-order valence-electron chi connectivity index (χ2n) is 2.01. The quantitative estimate of drug-likeness (QED) is 0.579. The lowest BCUT2D eigenvalue weighted by molar-refractivity contribution is 0.0995. The number of primary amides is 1. The number of carbonyl (C=O) groups excluding carboxylic acids is 1. The zero-order valence-corrected chi connectivity index (χ0v) is 5.90. The van der Waals surface area contributed by atoms with E-state index in [-0.39, 0.29) is 5.69 Å². The predicted octanol–water partition coefficient (Wildman–Crippen LogP) is -0.609. The monoisotopic (exact) mass is 150 g/mol. The number of aromatic nitrogens is 2. The Kier molecular flexibility index (Phi) is 1.60. The summed E-state index contributed by atoms with van der Waals surface area (Å²) in [4.78, 5) is 10.5. The molecule has 5 nitrogen and oxygen atoms in total. The van der Waals surface area contributed by atoms with Crippen molar-refractivity contribution in [3.63, 3.8) is 0 Å². The van der Waals surface area contributed by atoms with E-state index in [0.29, 0.717) is 5.69 Å². The molecule has 0 aliphatic rings. The van der Waals surface area contributed by atoms with Gasteiger partial charge in [-0.1, -0.05) is 0 Å². The number of rotatable bonds is 1. The number of aryl methyl sites for hydroxylation is 1. The van der Waals surface area contributed by atoms with E-state index >= 15 is 0 Å². The fraction of sp³-hybridized carbons (Fsp3) is 0.167. The first-order valence-electron chi connectivity index (χ1n) is 2.89. The Labute approximate surface area is 63.0 Å². The minimum absolute atomic E-state index is 0.115. The van der Waals surface area contributed by atoms with Gasteiger partial charge in [-0.25, -0.2) is 0 Å². The molecule has 0 unspecified atom stereocenters. The molecular weight excluding hydrogens is 144 g/mol. The molecule has 0 aromatic carbocycles. The van der Waals surface area contributed by atoms with E-state index in [0.717, 1.165) is 0 Å². The number of carbonyl (C=O) groups is 1. The molecule has 0 saturated heterocycles. The van der Waals surface area contributed by atoms with Crippen molar-refractivity contribution in [2.75, 3.05) is 0 Å². The molecule has 56 valence electrons. The van der Waals surface area contributed by atoms with Gasteiger partial charge in [0, 0.05) is 13.1 Å². The molecule has 0 fully saturated rings. The Bertz CT molecular complexity index is 333. The van der Waals surface area contributed by atoms with Crippen molar-refractivity contribution < 1.29 is 4.79 Å². The maximum absolute atomic E-state index is 10.5. The lowest BCUT2D eigenvalue weighted by Crippen LogP contribution is -2.11. The van der Waals surface area contributed by atoms with E-state index < -0.39 is 5.91 Å². The molecular formula is C6H6N4O. The normalized spacial score (nSPS) is 9.09. The van der Waals surface area contributed by atoms with Gasteiger partial charge in [-0.3, -0.25) is 9.48 Å². The van der Waals surface area contributed by atoms with Crippen LogP contribution in [0.5, 0.6) is 0 Å². The maximum atomic E-state index is 10.5. The van der Waals surface area contributed by atoms with Gasteiger partial charge in [0.15, 0.2) is 5.69 Å². The molecule has 1 amide bonds. The minimum atomic E-state index is -0.623. The highest BCUT2D eigenvalue weighted by molar-refractivity contribution is 5.90. The van der Waals surface area contributed by atoms with E-state index in [1.54, 1.807) is 7.05 Å². The molecule has 1 rings (SSSR count). The fourth-order valence-corrected chi connectivity index (χ4v) is 0.692. The van der Waals surface area contributed by atoms with E-state index in [1.165, 1.54) is 10.7 Å². The Hall–Kier alpha value is -1.83. The summed E-state index contributed by atoms with van der Waals surface area (Å²) in [6, 6.07) is 3.21. The number of nitriles is 1. The lowest BCUT2D eigenvalue weighted by atomic mass is 10.3. The molecule has 0 atom stereocenters. The Balaban J connectivity index is 3.18. The van der Waals surface area contributed by atoms with Gasteiger partial charge in [0.1, 0.15) is 11.8 Å². The first-order valence-corrected chi connectivity index (χ1v) is 2.89. The molecule has 1 heterocycles. The predicted molar refractivity (Wildman–Crippen MR) is 36.4 cm³/mol. The summed E-state index contributed by atoms with van der Waals surface area (Å²) in [7, 11) is 1.57. The van der Waals surface area contributed by atoms with E-state index in [1.807, 2.05) is 6.07 Å². The van der Waals surface area contributed by atoms with Crippen LogP contribution in [0.4, 0.5) is 0 Å². The molecule has 5 heteroatoms. The smallest absolute Gasteiger partial charge is 0.269 e. The maximum Gasteiger partial charge on any atom is 0.269 e. The number of amides is 1. The summed E-state index contributed by atoms with van der Waals surface area (Å²) in [5.41, 5.74) is 5.36. The Morgan fingerprint density at radius 2 is 2.55 bits per heavy atom. The summed E-state index contributed by atoms with van der Waals surface area (Å²) < 4.78 is 1.31. The number of nitrogens with zero attached hydrogens (tertiary/aromatic N) is 3. The van der Waals surface area contributed by atoms with Gasteiger partial charge in [0.25, 0.3) is 5.91 Å². The van der Waals surface area contributed by atoms with E-state index in [4.69, 9.17) is 11.0 Å². The van der Waals surface area contributed by atoms with Crippen molar-refractivity contribution in [2.24, 2.45) is 12.8 Å². The molecule has 0 aliphatic carbocycles. The van der Waals surface area contributed by atoms with Crippen molar-refractivity contribution in [3.05, 3.63) is 17.5 Å². The van der Waals surface area contributed by atoms with Crippen LogP contribution in [0.15, 0.2) is 6.07 Å². The van der Waals surface area contributed by atoms with Crippen molar-refractivity contribution in [2.45, 2.75) is 0 Å². The molecule has 0 aliphatic heterocycles. The Morgan fingerprint density at radius 1 is 1.91 bits per heavy atom. The van der Waals surface area contributed by atoms with Gasteiger partial charge < -0.3 is 5.73 Å². The van der Waals surface area contributed by atoms with Gasteiger partial charge in [-0.2, -0.15) is 10.4 Å². The zero-order chi connectivity index (χ0) is 8.43. The van der Waals surface area contributed by atoms with Crippen molar-refractivity contribution in [3.8, 4) is 6.07 Å². The topological polar surface area (TPSA) is 84.7 Å². The highest BCUT2D eigenvalue weighted by atomic mass is 16.1. The van der Waals surface area contributed by atoms with Gasteiger partial charge in [-0.15, -0.1) is 0 Å². The Morgan fingerprint density at radius 3 is 2.82 bits per heavy atom. The highest BCUT2D eigenvalue weighted by Gasteiger charge is 2.07. The van der Waals surface area contributed by atoms with Crippen LogP contribution >= 0.6 is 0 Å². The summed E-state index contributed by atoms with van der Waals surface area (Å²) >= 11 is 0. The van der Waals surface area contributed by atoms with Crippen LogP contribution in [0, 0.1) is 11.3 Å². The summed E-state index contributed by atoms with van der Waals surface area (Å²) in [6.45, 7) is 0. The third-order valence-corrected chi connectivity index (χ3v) is 1.25. The van der Waals surface area contributed by atoms with Crippen molar-refractivity contribution in [1.29, 1.82) is 5.26 Å². The summed E-state index contributed by atoms with van der Waals surface area (Å²) in [5, 5.41) is 12.2. The van der Waals surface area contributed by atoms with Gasteiger partial charge >= 0.3 is 0 Å². The van der Waals surface area contributed by atoms with Gasteiger partial charge in [0.05, 0.1) is 0 Å². The first-order chi connectivity index (χ1) is 5.15. The number of hydrogen-bond acceptors (Lipinski definition) is 3. The van der Waals surface area contributed by atoms with Crippen LogP contribution in [-0.4, -0.2) is 15.7 Å². The largest absolute Gasteiger partial charge is 0.364 e. The van der Waals surface area contributed by atoms with Crippen LogP contribution in [0.3, 0.4) is 0 Å². The molecule has 0 spiro atoms. The average molecular weight is 150 g/mol. The van der Waals surface area contributed by atoms with Crippen LogP contribution in [0.2, 0.25) is 0 Å². The number of nitrogens with two attached hydrogens (primary N) is 1. The second-order valence-corrected chi connectivity index (χ2v) is 2.01. The zero-order valence-electron chi connectivity index (χ0n) is 5.90. The van der Waals surface area contributed by atoms with Crippen LogP contribution in [-0.2, 0) is 7.05 Å². The molecule has 2 N–H and O–H groups in total. The van der Waals surface area contributed by atoms with E-state index in [2.05, 4.69) is 5.10 Å². The van der Waals surface area contributed by atoms with Crippen molar-refractivity contribution >= 4 is 5.91 Å². The van der Waals surface area contributed by atoms with Crippen molar-refractivity contribution in [1.82, 2.24) is 9.78 Å². The molecule has 0 radical (unpaired) electrons. The van der Waals surface area contributed by atoms with Crippen LogP contribution in [0.25, 0.3) is 0 Å². The average Bonchev–Trinajstić information content (AvgIpc) is 2.31.